The molecule has 0 saturated carbocycles. The van der Waals surface area contributed by atoms with E-state index < -0.39 is 10.0 Å². The molecule has 1 aromatic carbocycles. The normalized spacial score (nSPS) is 17.2. The Kier molecular flexibility index (Phi) is 6.17. The van der Waals surface area contributed by atoms with E-state index in [4.69, 9.17) is 0 Å². The van der Waals surface area contributed by atoms with Crippen LogP contribution in [0.2, 0.25) is 0 Å². The highest BCUT2D eigenvalue weighted by molar-refractivity contribution is 7.89. The van der Waals surface area contributed by atoms with Gasteiger partial charge in [0.25, 0.3) is 0 Å². The lowest BCUT2D eigenvalue weighted by Crippen LogP contribution is -2.50. The second kappa shape index (κ2) is 7.76. The van der Waals surface area contributed by atoms with E-state index in [-0.39, 0.29) is 11.5 Å². The predicted octanol–water partition coefficient (Wildman–Crippen LogP) is 2.15. The SMILES string of the molecule is CCCS(=O)(=O)N1CCN(CC(=O)c2c(C)cc(C)cc2C)CC1. The van der Waals surface area contributed by atoms with Crippen LogP contribution in [0.1, 0.15) is 40.4 Å². The number of ketones is 1. The van der Waals surface area contributed by atoms with Gasteiger partial charge in [0.2, 0.25) is 10.0 Å². The van der Waals surface area contributed by atoms with Gasteiger partial charge in [0.1, 0.15) is 0 Å². The van der Waals surface area contributed by atoms with Crippen molar-refractivity contribution in [3.05, 3.63) is 34.4 Å². The number of sulfonamides is 1. The topological polar surface area (TPSA) is 57.7 Å². The van der Waals surface area contributed by atoms with Crippen LogP contribution >= 0.6 is 0 Å². The first kappa shape index (κ1) is 19.1. The van der Waals surface area contributed by atoms with Crippen LogP contribution in [0.15, 0.2) is 12.1 Å². The largest absolute Gasteiger partial charge is 0.293 e. The summed E-state index contributed by atoms with van der Waals surface area (Å²) in [6, 6.07) is 4.07. The van der Waals surface area contributed by atoms with Crippen molar-refractivity contribution in [1.29, 1.82) is 0 Å². The van der Waals surface area contributed by atoms with Crippen molar-refractivity contribution < 1.29 is 13.2 Å². The fourth-order valence-electron chi connectivity index (χ4n) is 3.45. The highest BCUT2D eigenvalue weighted by Gasteiger charge is 2.27. The molecule has 24 heavy (non-hydrogen) atoms. The summed E-state index contributed by atoms with van der Waals surface area (Å²) < 4.78 is 25.8. The minimum absolute atomic E-state index is 0.120. The molecule has 0 amide bonds. The van der Waals surface area contributed by atoms with Gasteiger partial charge in [-0.05, 0) is 38.3 Å². The van der Waals surface area contributed by atoms with Crippen molar-refractivity contribution >= 4 is 15.8 Å². The average molecular weight is 353 g/mol. The van der Waals surface area contributed by atoms with E-state index in [2.05, 4.69) is 4.90 Å². The summed E-state index contributed by atoms with van der Waals surface area (Å²) in [6.45, 7) is 10.4. The first-order valence-electron chi connectivity index (χ1n) is 8.56. The molecule has 6 heteroatoms. The van der Waals surface area contributed by atoms with Crippen molar-refractivity contribution in [2.75, 3.05) is 38.5 Å². The first-order valence-corrected chi connectivity index (χ1v) is 10.2. The third kappa shape index (κ3) is 4.43. The zero-order valence-electron chi connectivity index (χ0n) is 15.1. The molecule has 0 unspecified atom stereocenters. The number of Topliss-reactive ketones (excluding diaryl/α,β-unsaturated/α-hetero) is 1. The Morgan fingerprint density at radius 2 is 1.58 bits per heavy atom. The lowest BCUT2D eigenvalue weighted by atomic mass is 9.96. The van der Waals surface area contributed by atoms with Gasteiger partial charge in [-0.25, -0.2) is 8.42 Å². The van der Waals surface area contributed by atoms with Gasteiger partial charge >= 0.3 is 0 Å². The van der Waals surface area contributed by atoms with Gasteiger partial charge in [-0.15, -0.1) is 0 Å². The number of rotatable bonds is 6. The molecule has 0 atom stereocenters. The number of hydrogen-bond acceptors (Lipinski definition) is 4. The number of aryl methyl sites for hydroxylation is 3. The van der Waals surface area contributed by atoms with Gasteiger partial charge < -0.3 is 0 Å². The smallest absolute Gasteiger partial charge is 0.214 e. The Labute approximate surface area is 145 Å². The van der Waals surface area contributed by atoms with Crippen molar-refractivity contribution in [3.8, 4) is 0 Å². The number of nitrogens with zero attached hydrogens (tertiary/aromatic N) is 2. The molecule has 1 aliphatic heterocycles. The summed E-state index contributed by atoms with van der Waals surface area (Å²) in [5.74, 6) is 0.322. The van der Waals surface area contributed by atoms with Crippen LogP contribution in [0.5, 0.6) is 0 Å². The van der Waals surface area contributed by atoms with Crippen LogP contribution in [0, 0.1) is 20.8 Å². The van der Waals surface area contributed by atoms with E-state index in [1.165, 1.54) is 0 Å². The van der Waals surface area contributed by atoms with Crippen LogP contribution in [-0.4, -0.2) is 61.9 Å². The van der Waals surface area contributed by atoms with Gasteiger partial charge in [0.15, 0.2) is 5.78 Å². The molecule has 1 heterocycles. The van der Waals surface area contributed by atoms with E-state index in [0.29, 0.717) is 39.1 Å². The number of hydrogen-bond donors (Lipinski definition) is 0. The van der Waals surface area contributed by atoms with E-state index >= 15 is 0 Å². The Morgan fingerprint density at radius 1 is 1.04 bits per heavy atom. The molecule has 5 nitrogen and oxygen atoms in total. The zero-order valence-corrected chi connectivity index (χ0v) is 15.9. The quantitative estimate of drug-likeness (QED) is 0.736. The number of carbonyl (C=O) groups is 1. The monoisotopic (exact) mass is 352 g/mol. The molecule has 1 aliphatic rings. The molecule has 0 aromatic heterocycles. The lowest BCUT2D eigenvalue weighted by Gasteiger charge is -2.33. The molecular formula is C18H28N2O3S. The van der Waals surface area contributed by atoms with E-state index in [1.807, 2.05) is 39.8 Å². The minimum atomic E-state index is -3.13. The summed E-state index contributed by atoms with van der Waals surface area (Å²) in [5, 5.41) is 0. The summed E-state index contributed by atoms with van der Waals surface area (Å²) in [6.07, 6.45) is 0.632. The lowest BCUT2D eigenvalue weighted by molar-refractivity contribution is 0.0900. The van der Waals surface area contributed by atoms with Crippen LogP contribution < -0.4 is 0 Å². The number of piperazine rings is 1. The molecule has 2 rings (SSSR count). The number of benzene rings is 1. The second-order valence-corrected chi connectivity index (χ2v) is 8.78. The third-order valence-electron chi connectivity index (χ3n) is 4.51. The highest BCUT2D eigenvalue weighted by atomic mass is 32.2. The molecule has 1 fully saturated rings. The molecular weight excluding hydrogens is 324 g/mol. The fraction of sp³-hybridized carbons (Fsp3) is 0.611. The summed E-state index contributed by atoms with van der Waals surface area (Å²) in [4.78, 5) is 14.7. The molecule has 1 saturated heterocycles. The molecule has 0 spiro atoms. The summed E-state index contributed by atoms with van der Waals surface area (Å²) in [7, 11) is -3.13. The van der Waals surface area contributed by atoms with Crippen molar-refractivity contribution in [1.82, 2.24) is 9.21 Å². The maximum atomic E-state index is 12.7. The minimum Gasteiger partial charge on any atom is -0.293 e. The van der Waals surface area contributed by atoms with E-state index in [9.17, 15) is 13.2 Å². The van der Waals surface area contributed by atoms with Gasteiger partial charge in [-0.3, -0.25) is 9.69 Å². The number of carbonyl (C=O) groups excluding carboxylic acids is 1. The molecule has 0 radical (unpaired) electrons. The van der Waals surface area contributed by atoms with Crippen LogP contribution in [0.25, 0.3) is 0 Å². The maximum Gasteiger partial charge on any atom is 0.214 e. The summed E-state index contributed by atoms with van der Waals surface area (Å²) >= 11 is 0. The summed E-state index contributed by atoms with van der Waals surface area (Å²) in [5.41, 5.74) is 4.00. The Hall–Kier alpha value is -1.24. The average Bonchev–Trinajstić information content (AvgIpc) is 2.46. The standard InChI is InChI=1S/C18H28N2O3S/c1-5-10-24(22,23)20-8-6-19(7-9-20)13-17(21)18-15(3)11-14(2)12-16(18)4/h11-12H,5-10,13H2,1-4H3. The molecule has 134 valence electrons. The van der Waals surface area contributed by atoms with E-state index in [0.717, 1.165) is 22.3 Å². The van der Waals surface area contributed by atoms with Crippen LogP contribution in [0.3, 0.4) is 0 Å². The van der Waals surface area contributed by atoms with Crippen molar-refractivity contribution in [2.45, 2.75) is 34.1 Å². The van der Waals surface area contributed by atoms with Gasteiger partial charge in [-0.1, -0.05) is 24.6 Å². The first-order chi connectivity index (χ1) is 11.2. The van der Waals surface area contributed by atoms with Crippen LogP contribution in [0.4, 0.5) is 0 Å². The predicted molar refractivity (Wildman–Crippen MR) is 97.1 cm³/mol. The van der Waals surface area contributed by atoms with Gasteiger partial charge in [-0.2, -0.15) is 4.31 Å². The van der Waals surface area contributed by atoms with Gasteiger partial charge in [0, 0.05) is 31.7 Å². The van der Waals surface area contributed by atoms with E-state index in [1.54, 1.807) is 4.31 Å². The van der Waals surface area contributed by atoms with Crippen molar-refractivity contribution in [3.63, 3.8) is 0 Å². The molecule has 0 aliphatic carbocycles. The zero-order chi connectivity index (χ0) is 17.9. The van der Waals surface area contributed by atoms with Gasteiger partial charge in [0.05, 0.1) is 12.3 Å². The van der Waals surface area contributed by atoms with Crippen LogP contribution in [-0.2, 0) is 10.0 Å². The Balaban J connectivity index is 1.98. The highest BCUT2D eigenvalue weighted by Crippen LogP contribution is 2.18. The molecule has 1 aromatic rings. The third-order valence-corrected chi connectivity index (χ3v) is 6.59. The fourth-order valence-corrected chi connectivity index (χ4v) is 4.95. The maximum absolute atomic E-state index is 12.7. The Bertz CT molecular complexity index is 682. The second-order valence-electron chi connectivity index (χ2n) is 6.69. The Morgan fingerprint density at radius 3 is 2.08 bits per heavy atom. The van der Waals surface area contributed by atoms with Crippen molar-refractivity contribution in [2.24, 2.45) is 0 Å². The molecule has 0 N–H and O–H groups in total. The molecule has 0 bridgehead atoms.